The minimum Gasteiger partial charge on any atom is -0.507 e. The predicted molar refractivity (Wildman–Crippen MR) is 162 cm³/mol. The molecule has 0 unspecified atom stereocenters. The predicted octanol–water partition coefficient (Wildman–Crippen LogP) is 7.30. The third-order valence-electron chi connectivity index (χ3n) is 8.77. The van der Waals surface area contributed by atoms with E-state index in [4.69, 9.17) is 11.6 Å². The number of rotatable bonds is 7. The number of likely N-dealkylation sites (tertiary alicyclic amines) is 2. The van der Waals surface area contributed by atoms with E-state index in [1.54, 1.807) is 0 Å². The number of nitrogens with one attached hydrogen (secondary N) is 1. The van der Waals surface area contributed by atoms with E-state index in [9.17, 15) is 5.11 Å². The van der Waals surface area contributed by atoms with E-state index in [0.717, 1.165) is 85.8 Å². The van der Waals surface area contributed by atoms with Crippen LogP contribution >= 0.6 is 11.6 Å². The molecule has 3 aliphatic rings. The first-order valence-corrected chi connectivity index (χ1v) is 15.4. The van der Waals surface area contributed by atoms with Gasteiger partial charge in [0.25, 0.3) is 0 Å². The fraction of sp³-hybridized carbons (Fsp3) is 0.531. The Bertz CT molecular complexity index is 1280. The third-order valence-corrected chi connectivity index (χ3v) is 9.00. The van der Waals surface area contributed by atoms with Crippen molar-refractivity contribution in [1.82, 2.24) is 14.8 Å². The monoisotopic (exact) mass is 547 g/mol. The number of piperidine rings is 3. The second-order valence-electron chi connectivity index (χ2n) is 11.6. The molecule has 0 bridgehead atoms. The molecule has 1 aromatic heterocycles. The molecule has 39 heavy (non-hydrogen) atoms. The summed E-state index contributed by atoms with van der Waals surface area (Å²) in [6.45, 7) is 8.06. The molecule has 208 valence electrons. The molecule has 0 spiro atoms. The Hall–Kier alpha value is -2.54. The number of anilines is 3. The first-order valence-electron chi connectivity index (χ1n) is 15.0. The molecule has 6 nitrogen and oxygen atoms in total. The standard InChI is InChI=1S/C32H42ClN5O/c33-25-10-11-26-28(12-13-34-29(26)21-25)35-30-20-24(22-36-14-4-1-5-15-36)32(39)27(23-37-16-6-2-7-17-37)31(30)38-18-8-3-9-19-38/h10-13,20-21,39H,1-9,14-19,22-23H2,(H,34,35). The summed E-state index contributed by atoms with van der Waals surface area (Å²) >= 11 is 6.30. The van der Waals surface area contributed by atoms with E-state index < -0.39 is 0 Å². The van der Waals surface area contributed by atoms with Crippen molar-refractivity contribution in [3.63, 3.8) is 0 Å². The van der Waals surface area contributed by atoms with Crippen LogP contribution in [0, 0.1) is 0 Å². The van der Waals surface area contributed by atoms with Crippen LogP contribution in [0.4, 0.5) is 17.1 Å². The molecule has 4 heterocycles. The highest BCUT2D eigenvalue weighted by molar-refractivity contribution is 6.31. The average Bonchev–Trinajstić information content (AvgIpc) is 2.97. The highest BCUT2D eigenvalue weighted by atomic mass is 35.5. The number of benzene rings is 2. The van der Waals surface area contributed by atoms with E-state index in [0.29, 0.717) is 10.8 Å². The summed E-state index contributed by atoms with van der Waals surface area (Å²) in [6, 6.07) is 10.2. The van der Waals surface area contributed by atoms with Crippen LogP contribution in [-0.4, -0.2) is 59.2 Å². The summed E-state index contributed by atoms with van der Waals surface area (Å²) < 4.78 is 0. The van der Waals surface area contributed by atoms with Crippen molar-refractivity contribution in [2.45, 2.75) is 70.9 Å². The van der Waals surface area contributed by atoms with Crippen molar-refractivity contribution in [2.75, 3.05) is 49.5 Å². The highest BCUT2D eigenvalue weighted by Gasteiger charge is 2.27. The number of phenols is 1. The molecule has 3 aromatic rings. The fourth-order valence-electron chi connectivity index (χ4n) is 6.70. The molecule has 0 saturated carbocycles. The van der Waals surface area contributed by atoms with Gasteiger partial charge in [0, 0.05) is 59.6 Å². The molecule has 3 saturated heterocycles. The van der Waals surface area contributed by atoms with E-state index in [-0.39, 0.29) is 0 Å². The molecule has 2 aromatic carbocycles. The quantitative estimate of drug-likeness (QED) is 0.303. The van der Waals surface area contributed by atoms with Gasteiger partial charge in [-0.2, -0.15) is 0 Å². The lowest BCUT2D eigenvalue weighted by atomic mass is 9.98. The third kappa shape index (κ3) is 6.13. The summed E-state index contributed by atoms with van der Waals surface area (Å²) in [6.07, 6.45) is 13.1. The average molecular weight is 548 g/mol. The number of aromatic hydroxyl groups is 1. The molecule has 3 aliphatic heterocycles. The largest absolute Gasteiger partial charge is 0.507 e. The first-order chi connectivity index (χ1) is 19.2. The number of hydrogen-bond donors (Lipinski definition) is 2. The van der Waals surface area contributed by atoms with Crippen LogP contribution in [0.2, 0.25) is 5.02 Å². The highest BCUT2D eigenvalue weighted by Crippen LogP contribution is 2.43. The molecule has 0 aliphatic carbocycles. The van der Waals surface area contributed by atoms with Crippen LogP contribution in [0.5, 0.6) is 5.75 Å². The number of fused-ring (bicyclic) bond motifs is 1. The van der Waals surface area contributed by atoms with Crippen LogP contribution in [0.3, 0.4) is 0 Å². The molecule has 6 rings (SSSR count). The van der Waals surface area contributed by atoms with Crippen LogP contribution in [0.15, 0.2) is 36.5 Å². The molecule has 2 N–H and O–H groups in total. The maximum atomic E-state index is 11.9. The van der Waals surface area contributed by atoms with Gasteiger partial charge in [-0.3, -0.25) is 14.8 Å². The maximum Gasteiger partial charge on any atom is 0.126 e. The minimum absolute atomic E-state index is 0.503. The lowest BCUT2D eigenvalue weighted by Gasteiger charge is -2.36. The van der Waals surface area contributed by atoms with Crippen molar-refractivity contribution >= 4 is 39.6 Å². The van der Waals surface area contributed by atoms with Crippen LogP contribution < -0.4 is 10.2 Å². The van der Waals surface area contributed by atoms with Gasteiger partial charge in [-0.25, -0.2) is 0 Å². The molecular weight excluding hydrogens is 506 g/mol. The van der Waals surface area contributed by atoms with Crippen molar-refractivity contribution in [3.8, 4) is 5.75 Å². The van der Waals surface area contributed by atoms with Gasteiger partial charge >= 0.3 is 0 Å². The van der Waals surface area contributed by atoms with Crippen LogP contribution in [0.25, 0.3) is 10.9 Å². The van der Waals surface area contributed by atoms with Gasteiger partial charge in [-0.1, -0.05) is 24.4 Å². The van der Waals surface area contributed by atoms with Gasteiger partial charge in [0.1, 0.15) is 5.75 Å². The Balaban J connectivity index is 1.46. The molecular formula is C32H42ClN5O. The molecule has 0 atom stereocenters. The fourth-order valence-corrected chi connectivity index (χ4v) is 6.86. The molecule has 0 amide bonds. The van der Waals surface area contributed by atoms with Gasteiger partial charge in [-0.05, 0) is 101 Å². The van der Waals surface area contributed by atoms with E-state index in [2.05, 4.69) is 43.2 Å². The number of phenolic OH excluding ortho intramolecular Hbond substituents is 1. The smallest absolute Gasteiger partial charge is 0.126 e. The Kier molecular flexibility index (Phi) is 8.43. The second-order valence-corrected chi connectivity index (χ2v) is 12.1. The lowest BCUT2D eigenvalue weighted by molar-refractivity contribution is 0.213. The zero-order valence-electron chi connectivity index (χ0n) is 23.1. The normalized spacial score (nSPS) is 19.5. The summed E-state index contributed by atoms with van der Waals surface area (Å²) in [5.41, 5.74) is 6.31. The Morgan fingerprint density at radius 2 is 1.38 bits per heavy atom. The van der Waals surface area contributed by atoms with Gasteiger partial charge in [0.15, 0.2) is 0 Å². The van der Waals surface area contributed by atoms with Crippen LogP contribution in [-0.2, 0) is 13.1 Å². The van der Waals surface area contributed by atoms with E-state index >= 15 is 0 Å². The summed E-state index contributed by atoms with van der Waals surface area (Å²) in [4.78, 5) is 12.2. The summed E-state index contributed by atoms with van der Waals surface area (Å²) in [5, 5.41) is 17.5. The molecule has 0 radical (unpaired) electrons. The van der Waals surface area contributed by atoms with Gasteiger partial charge in [0.05, 0.1) is 16.9 Å². The van der Waals surface area contributed by atoms with E-state index in [1.165, 1.54) is 63.5 Å². The van der Waals surface area contributed by atoms with E-state index in [1.807, 2.05) is 18.3 Å². The Labute approximate surface area is 238 Å². The Morgan fingerprint density at radius 1 is 0.744 bits per heavy atom. The lowest BCUT2D eigenvalue weighted by Crippen LogP contribution is -2.34. The number of halogens is 1. The number of pyridine rings is 1. The number of hydrogen-bond acceptors (Lipinski definition) is 6. The van der Waals surface area contributed by atoms with Crippen molar-refractivity contribution in [2.24, 2.45) is 0 Å². The number of aromatic nitrogens is 1. The molecule has 7 heteroatoms. The zero-order valence-corrected chi connectivity index (χ0v) is 23.9. The first kappa shape index (κ1) is 26.7. The van der Waals surface area contributed by atoms with Crippen molar-refractivity contribution < 1.29 is 5.11 Å². The molecule has 3 fully saturated rings. The van der Waals surface area contributed by atoms with Gasteiger partial charge < -0.3 is 15.3 Å². The van der Waals surface area contributed by atoms with Crippen molar-refractivity contribution in [3.05, 3.63) is 52.7 Å². The SMILES string of the molecule is Oc1c(CN2CCCCC2)cc(Nc2ccnc3cc(Cl)ccc23)c(N2CCCCC2)c1CN1CCCCC1. The second kappa shape index (κ2) is 12.3. The summed E-state index contributed by atoms with van der Waals surface area (Å²) in [5.74, 6) is 0.503. The topological polar surface area (TPSA) is 54.9 Å². The summed E-state index contributed by atoms with van der Waals surface area (Å²) in [7, 11) is 0. The maximum absolute atomic E-state index is 11.9. The van der Waals surface area contributed by atoms with Gasteiger partial charge in [0.2, 0.25) is 0 Å². The van der Waals surface area contributed by atoms with Crippen molar-refractivity contribution in [1.29, 1.82) is 0 Å². The number of nitrogens with zero attached hydrogens (tertiary/aromatic N) is 4. The minimum atomic E-state index is 0.503. The van der Waals surface area contributed by atoms with Crippen LogP contribution in [0.1, 0.15) is 68.9 Å². The van der Waals surface area contributed by atoms with Gasteiger partial charge in [-0.15, -0.1) is 0 Å². The zero-order chi connectivity index (χ0) is 26.6. The Morgan fingerprint density at radius 3 is 2.08 bits per heavy atom.